The van der Waals surface area contributed by atoms with Crippen molar-refractivity contribution in [2.45, 2.75) is 87.9 Å². The van der Waals surface area contributed by atoms with Gasteiger partial charge in [-0.3, -0.25) is 33.8 Å². The molecule has 0 unspecified atom stereocenters. The normalized spacial score (nSPS) is 17.5. The average molecular weight is 818 g/mol. The summed E-state index contributed by atoms with van der Waals surface area (Å²) in [4.78, 5) is 84.6. The SMILES string of the molecule is CC(=O)NC1(C(=O)N[C@H](Cc2ccccc2)C(=O)N[C@@H](CCCN=C(N)N)C(=O)N[C@@H](Cc2ccc3ccccc3c2)C(=O)NCC(N)=O)CCC(c2ccccc2)CC1. The molecule has 316 valence electrons. The Kier molecular flexibility index (Phi) is 15.7. The lowest BCUT2D eigenvalue weighted by molar-refractivity contribution is -0.138. The van der Waals surface area contributed by atoms with Crippen molar-refractivity contribution in [1.29, 1.82) is 0 Å². The van der Waals surface area contributed by atoms with Gasteiger partial charge in [-0.25, -0.2) is 0 Å². The van der Waals surface area contributed by atoms with Crippen LogP contribution in [0.5, 0.6) is 0 Å². The van der Waals surface area contributed by atoms with Crippen molar-refractivity contribution >= 4 is 52.2 Å². The minimum atomic E-state index is -1.27. The Labute approximate surface area is 349 Å². The van der Waals surface area contributed by atoms with E-state index in [1.807, 2.05) is 91.0 Å². The lowest BCUT2D eigenvalue weighted by Gasteiger charge is -2.40. The number of carbonyl (C=O) groups excluding carboxylic acids is 6. The second-order valence-corrected chi connectivity index (χ2v) is 15.3. The molecule has 15 heteroatoms. The molecule has 1 fully saturated rings. The highest BCUT2D eigenvalue weighted by molar-refractivity contribution is 5.97. The number of rotatable bonds is 19. The van der Waals surface area contributed by atoms with E-state index in [1.54, 1.807) is 0 Å². The van der Waals surface area contributed by atoms with Crippen molar-refractivity contribution in [1.82, 2.24) is 26.6 Å². The average Bonchev–Trinajstić information content (AvgIpc) is 3.23. The molecule has 60 heavy (non-hydrogen) atoms. The van der Waals surface area contributed by atoms with E-state index in [4.69, 9.17) is 17.2 Å². The molecule has 5 rings (SSSR count). The highest BCUT2D eigenvalue weighted by atomic mass is 16.2. The van der Waals surface area contributed by atoms with E-state index in [0.29, 0.717) is 25.7 Å². The van der Waals surface area contributed by atoms with Gasteiger partial charge in [0, 0.05) is 26.3 Å². The summed E-state index contributed by atoms with van der Waals surface area (Å²) in [7, 11) is 0. The zero-order valence-corrected chi connectivity index (χ0v) is 33.8. The molecule has 0 spiro atoms. The van der Waals surface area contributed by atoms with Crippen LogP contribution < -0.4 is 43.8 Å². The van der Waals surface area contributed by atoms with Gasteiger partial charge < -0.3 is 43.8 Å². The largest absolute Gasteiger partial charge is 0.370 e. The summed E-state index contributed by atoms with van der Waals surface area (Å²) in [6.45, 7) is 1.06. The molecule has 4 aromatic carbocycles. The van der Waals surface area contributed by atoms with Gasteiger partial charge in [0.25, 0.3) is 0 Å². The minimum absolute atomic E-state index is 0.0545. The zero-order valence-electron chi connectivity index (χ0n) is 33.8. The Bertz CT molecular complexity index is 2150. The number of nitrogens with zero attached hydrogens (tertiary/aromatic N) is 1. The van der Waals surface area contributed by atoms with E-state index >= 15 is 0 Å². The first-order valence-electron chi connectivity index (χ1n) is 20.2. The Hall–Kier alpha value is -6.77. The van der Waals surface area contributed by atoms with Crippen molar-refractivity contribution in [2.75, 3.05) is 13.1 Å². The number of hydrogen-bond donors (Lipinski definition) is 8. The number of nitrogens with one attached hydrogen (secondary N) is 5. The molecule has 0 bridgehead atoms. The van der Waals surface area contributed by atoms with E-state index in [0.717, 1.165) is 27.5 Å². The summed E-state index contributed by atoms with van der Waals surface area (Å²) < 4.78 is 0. The van der Waals surface area contributed by atoms with Crippen LogP contribution in [0.25, 0.3) is 10.8 Å². The predicted molar refractivity (Wildman–Crippen MR) is 230 cm³/mol. The Morgan fingerprint density at radius 3 is 1.92 bits per heavy atom. The van der Waals surface area contributed by atoms with Gasteiger partial charge in [-0.2, -0.15) is 0 Å². The number of guanidine groups is 1. The molecule has 0 aliphatic heterocycles. The first-order chi connectivity index (χ1) is 28.8. The van der Waals surface area contributed by atoms with E-state index in [-0.39, 0.29) is 50.0 Å². The van der Waals surface area contributed by atoms with Crippen LogP contribution in [0.3, 0.4) is 0 Å². The third kappa shape index (κ3) is 12.9. The van der Waals surface area contributed by atoms with Crippen LogP contribution in [-0.2, 0) is 41.6 Å². The molecule has 1 aliphatic carbocycles. The summed E-state index contributed by atoms with van der Waals surface area (Å²) in [5.74, 6) is -3.58. The second kappa shape index (κ2) is 21.3. The summed E-state index contributed by atoms with van der Waals surface area (Å²) in [5, 5.41) is 15.9. The van der Waals surface area contributed by atoms with E-state index in [9.17, 15) is 28.8 Å². The number of benzene rings is 4. The van der Waals surface area contributed by atoms with Crippen LogP contribution in [-0.4, -0.2) is 78.2 Å². The fourth-order valence-corrected chi connectivity index (χ4v) is 7.70. The minimum Gasteiger partial charge on any atom is -0.370 e. The molecular weight excluding hydrogens is 763 g/mol. The van der Waals surface area contributed by atoms with E-state index in [2.05, 4.69) is 43.7 Å². The molecule has 6 amide bonds. The monoisotopic (exact) mass is 817 g/mol. The molecule has 0 aromatic heterocycles. The lowest BCUT2D eigenvalue weighted by Crippen LogP contribution is -2.64. The highest BCUT2D eigenvalue weighted by Crippen LogP contribution is 2.38. The smallest absolute Gasteiger partial charge is 0.246 e. The van der Waals surface area contributed by atoms with Gasteiger partial charge in [-0.1, -0.05) is 103 Å². The van der Waals surface area contributed by atoms with Crippen molar-refractivity contribution in [2.24, 2.45) is 22.2 Å². The van der Waals surface area contributed by atoms with E-state index < -0.39 is 59.7 Å². The first kappa shape index (κ1) is 44.3. The summed E-state index contributed by atoms with van der Waals surface area (Å²) in [6, 6.07) is 28.9. The van der Waals surface area contributed by atoms with Gasteiger partial charge in [-0.15, -0.1) is 0 Å². The van der Waals surface area contributed by atoms with Crippen LogP contribution in [0.2, 0.25) is 0 Å². The number of carbonyl (C=O) groups is 6. The van der Waals surface area contributed by atoms with Crippen LogP contribution in [0.15, 0.2) is 108 Å². The number of fused-ring (bicyclic) bond motifs is 1. The van der Waals surface area contributed by atoms with Crippen LogP contribution in [0.4, 0.5) is 0 Å². The fourth-order valence-electron chi connectivity index (χ4n) is 7.70. The predicted octanol–water partition coefficient (Wildman–Crippen LogP) is 1.97. The van der Waals surface area contributed by atoms with Crippen molar-refractivity contribution in [3.05, 3.63) is 120 Å². The zero-order chi connectivity index (χ0) is 43.1. The standard InChI is InChI=1S/C45H55N9O6/c1-29(55)54-45(22-20-34(21-23-45)32-13-6-3-7-14-32)43(60)53-38(26-30-11-4-2-5-12-30)42(59)51-36(17-10-24-49-44(47)48)41(58)52-37(40(57)50-28-39(46)56)27-31-18-19-33-15-8-9-16-35(33)25-31/h2-9,11-16,18-19,25,34,36-38H,10,17,20-24,26-28H2,1H3,(H2,46,56)(H,50,57)(H,51,59)(H,52,58)(H,53,60)(H,54,55)(H4,47,48,49)/t34?,36-,37-,38+,45?/m0/s1. The van der Waals surface area contributed by atoms with Gasteiger partial charge in [0.15, 0.2) is 5.96 Å². The third-order valence-electron chi connectivity index (χ3n) is 10.8. The Morgan fingerprint density at radius 2 is 1.27 bits per heavy atom. The number of nitrogens with two attached hydrogens (primary N) is 3. The van der Waals surface area contributed by atoms with Crippen LogP contribution in [0.1, 0.15) is 68.1 Å². The van der Waals surface area contributed by atoms with Gasteiger partial charge in [-0.05, 0) is 71.9 Å². The summed E-state index contributed by atoms with van der Waals surface area (Å²) in [6.07, 6.45) is 2.43. The Balaban J connectivity index is 1.39. The summed E-state index contributed by atoms with van der Waals surface area (Å²) >= 11 is 0. The quantitative estimate of drug-likeness (QED) is 0.0394. The number of hydrogen-bond acceptors (Lipinski definition) is 7. The molecule has 11 N–H and O–H groups in total. The molecule has 15 nitrogen and oxygen atoms in total. The molecule has 1 aliphatic rings. The molecule has 0 saturated heterocycles. The number of amides is 6. The second-order valence-electron chi connectivity index (χ2n) is 15.3. The molecular formula is C45H55N9O6. The van der Waals surface area contributed by atoms with Crippen LogP contribution >= 0.6 is 0 Å². The van der Waals surface area contributed by atoms with Crippen molar-refractivity contribution < 1.29 is 28.8 Å². The van der Waals surface area contributed by atoms with Crippen molar-refractivity contribution in [3.63, 3.8) is 0 Å². The topological polar surface area (TPSA) is 253 Å². The first-order valence-corrected chi connectivity index (χ1v) is 20.2. The summed E-state index contributed by atoms with van der Waals surface area (Å²) in [5.41, 5.74) is 17.8. The molecule has 0 heterocycles. The maximum absolute atomic E-state index is 14.4. The molecule has 1 saturated carbocycles. The maximum Gasteiger partial charge on any atom is 0.246 e. The van der Waals surface area contributed by atoms with Crippen molar-refractivity contribution in [3.8, 4) is 0 Å². The molecule has 3 atom stereocenters. The van der Waals surface area contributed by atoms with Gasteiger partial charge in [0.2, 0.25) is 35.4 Å². The lowest BCUT2D eigenvalue weighted by atomic mass is 9.73. The molecule has 4 aromatic rings. The highest BCUT2D eigenvalue weighted by Gasteiger charge is 2.44. The van der Waals surface area contributed by atoms with Gasteiger partial charge >= 0.3 is 0 Å². The Morgan fingerprint density at radius 1 is 0.683 bits per heavy atom. The fraction of sp³-hybridized carbons (Fsp3) is 0.356. The number of primary amides is 1. The third-order valence-corrected chi connectivity index (χ3v) is 10.8. The maximum atomic E-state index is 14.4. The van der Waals surface area contributed by atoms with Gasteiger partial charge in [0.05, 0.1) is 6.54 Å². The number of aliphatic imine (C=N–C) groups is 1. The van der Waals surface area contributed by atoms with E-state index in [1.165, 1.54) is 6.92 Å². The van der Waals surface area contributed by atoms with Gasteiger partial charge in [0.1, 0.15) is 23.7 Å². The molecule has 0 radical (unpaired) electrons. The van der Waals surface area contributed by atoms with Crippen LogP contribution in [0, 0.1) is 0 Å².